The highest BCUT2D eigenvalue weighted by atomic mass is 16.2. The molecule has 112 valence electrons. The van der Waals surface area contributed by atoms with E-state index in [-0.39, 0.29) is 5.91 Å². The fourth-order valence-corrected chi connectivity index (χ4v) is 2.80. The molecule has 1 aliphatic heterocycles. The van der Waals surface area contributed by atoms with Gasteiger partial charge in [0.25, 0.3) is 5.91 Å². The smallest absolute Gasteiger partial charge is 0.255 e. The van der Waals surface area contributed by atoms with Crippen molar-refractivity contribution < 1.29 is 4.79 Å². The van der Waals surface area contributed by atoms with Gasteiger partial charge in [0, 0.05) is 18.7 Å². The van der Waals surface area contributed by atoms with E-state index in [1.54, 1.807) is 0 Å². The number of benzene rings is 1. The highest BCUT2D eigenvalue weighted by molar-refractivity contribution is 5.97. The lowest BCUT2D eigenvalue weighted by molar-refractivity contribution is 0.0688. The number of amides is 1. The predicted octanol–water partition coefficient (Wildman–Crippen LogP) is 2.57. The Balaban J connectivity index is 2.20. The Morgan fingerprint density at radius 2 is 2.10 bits per heavy atom. The van der Waals surface area contributed by atoms with Crippen LogP contribution in [0.4, 0.5) is 0 Å². The molecule has 21 heavy (non-hydrogen) atoms. The Kier molecular flexibility index (Phi) is 5.41. The molecule has 1 amide bonds. The van der Waals surface area contributed by atoms with E-state index in [1.165, 1.54) is 6.42 Å². The minimum absolute atomic E-state index is 0.106. The van der Waals surface area contributed by atoms with Crippen LogP contribution in [0.15, 0.2) is 18.2 Å². The third-order valence-electron chi connectivity index (χ3n) is 4.21. The number of piperidine rings is 1. The number of hydrogen-bond donors (Lipinski definition) is 1. The van der Waals surface area contributed by atoms with E-state index in [0.717, 1.165) is 43.0 Å². The van der Waals surface area contributed by atoms with Gasteiger partial charge in [0.1, 0.15) is 0 Å². The van der Waals surface area contributed by atoms with E-state index in [9.17, 15) is 4.79 Å². The van der Waals surface area contributed by atoms with Gasteiger partial charge < -0.3 is 10.6 Å². The van der Waals surface area contributed by atoms with Crippen molar-refractivity contribution in [1.82, 2.24) is 4.90 Å². The number of carbonyl (C=O) groups is 1. The molecule has 3 heteroatoms. The van der Waals surface area contributed by atoms with E-state index >= 15 is 0 Å². The van der Waals surface area contributed by atoms with Gasteiger partial charge in [-0.05, 0) is 37.8 Å². The van der Waals surface area contributed by atoms with Gasteiger partial charge in [0.15, 0.2) is 0 Å². The number of nitrogens with two attached hydrogens (primary N) is 1. The Morgan fingerprint density at radius 1 is 1.38 bits per heavy atom. The highest BCUT2D eigenvalue weighted by Crippen LogP contribution is 2.22. The van der Waals surface area contributed by atoms with Crippen molar-refractivity contribution in [1.29, 1.82) is 0 Å². The zero-order valence-corrected chi connectivity index (χ0v) is 13.0. The summed E-state index contributed by atoms with van der Waals surface area (Å²) < 4.78 is 0. The number of nitrogens with zero attached hydrogens (tertiary/aromatic N) is 1. The summed E-state index contributed by atoms with van der Waals surface area (Å²) in [6, 6.07) is 5.85. The Hall–Kier alpha value is -1.79. The fraction of sp³-hybridized carbons (Fsp3) is 0.500. The zero-order chi connectivity index (χ0) is 15.2. The molecule has 3 nitrogen and oxygen atoms in total. The van der Waals surface area contributed by atoms with Gasteiger partial charge in [-0.1, -0.05) is 36.8 Å². The van der Waals surface area contributed by atoms with Crippen molar-refractivity contribution in [2.45, 2.75) is 33.1 Å². The van der Waals surface area contributed by atoms with Gasteiger partial charge in [-0.25, -0.2) is 0 Å². The number of carbonyl (C=O) groups excluding carboxylic acids is 1. The zero-order valence-electron chi connectivity index (χ0n) is 13.0. The van der Waals surface area contributed by atoms with Crippen LogP contribution < -0.4 is 5.73 Å². The van der Waals surface area contributed by atoms with Crippen LogP contribution in [0.3, 0.4) is 0 Å². The Morgan fingerprint density at radius 3 is 2.71 bits per heavy atom. The van der Waals surface area contributed by atoms with Crippen molar-refractivity contribution in [3.63, 3.8) is 0 Å². The lowest BCUT2D eigenvalue weighted by Crippen LogP contribution is -2.38. The monoisotopic (exact) mass is 284 g/mol. The lowest BCUT2D eigenvalue weighted by Gasteiger charge is -2.31. The first-order valence-corrected chi connectivity index (χ1v) is 7.74. The van der Waals surface area contributed by atoms with Gasteiger partial charge in [0.2, 0.25) is 0 Å². The molecule has 1 saturated heterocycles. The molecular formula is C18H24N2O. The van der Waals surface area contributed by atoms with Gasteiger partial charge in [-0.2, -0.15) is 0 Å². The second-order valence-electron chi connectivity index (χ2n) is 5.70. The van der Waals surface area contributed by atoms with Crippen LogP contribution in [0.5, 0.6) is 0 Å². The molecule has 0 saturated carbocycles. The predicted molar refractivity (Wildman–Crippen MR) is 86.0 cm³/mol. The van der Waals surface area contributed by atoms with E-state index in [0.29, 0.717) is 12.1 Å². The first-order chi connectivity index (χ1) is 10.2. The van der Waals surface area contributed by atoms with Crippen LogP contribution in [0.1, 0.15) is 47.7 Å². The van der Waals surface area contributed by atoms with Gasteiger partial charge in [-0.3, -0.25) is 4.79 Å². The average Bonchev–Trinajstić information content (AvgIpc) is 2.53. The standard InChI is InChI=1S/C18H24N2O/c1-3-15-8-11-20(12-9-15)18(21)17-13-14(2)6-7-16(17)5-4-10-19/h6-7,13,15H,3,8-12,19H2,1-2H3. The quantitative estimate of drug-likeness (QED) is 0.848. The molecule has 0 atom stereocenters. The number of hydrogen-bond acceptors (Lipinski definition) is 2. The molecule has 0 bridgehead atoms. The van der Waals surface area contributed by atoms with Crippen LogP contribution >= 0.6 is 0 Å². The SMILES string of the molecule is CCC1CCN(C(=O)c2cc(C)ccc2C#CCN)CC1. The second kappa shape index (κ2) is 7.28. The first-order valence-electron chi connectivity index (χ1n) is 7.74. The van der Waals surface area contributed by atoms with Crippen molar-refractivity contribution in [2.24, 2.45) is 11.7 Å². The maximum absolute atomic E-state index is 12.8. The van der Waals surface area contributed by atoms with Gasteiger partial charge in [-0.15, -0.1) is 0 Å². The highest BCUT2D eigenvalue weighted by Gasteiger charge is 2.24. The van der Waals surface area contributed by atoms with Crippen LogP contribution in [-0.4, -0.2) is 30.4 Å². The summed E-state index contributed by atoms with van der Waals surface area (Å²) >= 11 is 0. The molecule has 2 rings (SSSR count). The van der Waals surface area contributed by atoms with Crippen molar-refractivity contribution in [2.75, 3.05) is 19.6 Å². The largest absolute Gasteiger partial charge is 0.339 e. The van der Waals surface area contributed by atoms with Crippen LogP contribution in [-0.2, 0) is 0 Å². The van der Waals surface area contributed by atoms with Gasteiger partial charge >= 0.3 is 0 Å². The number of aryl methyl sites for hydroxylation is 1. The molecule has 1 heterocycles. The molecule has 0 spiro atoms. The molecule has 0 unspecified atom stereocenters. The van der Waals surface area contributed by atoms with Gasteiger partial charge in [0.05, 0.1) is 12.1 Å². The topological polar surface area (TPSA) is 46.3 Å². The van der Waals surface area contributed by atoms with Crippen LogP contribution in [0.2, 0.25) is 0 Å². The van der Waals surface area contributed by atoms with Crippen molar-refractivity contribution >= 4 is 5.91 Å². The summed E-state index contributed by atoms with van der Waals surface area (Å²) in [4.78, 5) is 14.7. The third-order valence-corrected chi connectivity index (χ3v) is 4.21. The molecule has 1 aromatic carbocycles. The fourth-order valence-electron chi connectivity index (χ4n) is 2.80. The molecular weight excluding hydrogens is 260 g/mol. The number of rotatable bonds is 2. The van der Waals surface area contributed by atoms with E-state index in [4.69, 9.17) is 5.73 Å². The maximum atomic E-state index is 12.8. The molecule has 2 N–H and O–H groups in total. The van der Waals surface area contributed by atoms with E-state index in [1.807, 2.05) is 30.0 Å². The lowest BCUT2D eigenvalue weighted by atomic mass is 9.93. The Bertz CT molecular complexity index is 560. The molecule has 1 fully saturated rings. The normalized spacial score (nSPS) is 15.5. The molecule has 0 radical (unpaired) electrons. The molecule has 1 aliphatic rings. The molecule has 0 aliphatic carbocycles. The van der Waals surface area contributed by atoms with Crippen molar-refractivity contribution in [3.05, 3.63) is 34.9 Å². The first kappa shape index (κ1) is 15.6. The Labute approximate surface area is 127 Å². The second-order valence-corrected chi connectivity index (χ2v) is 5.70. The van der Waals surface area contributed by atoms with E-state index < -0.39 is 0 Å². The van der Waals surface area contributed by atoms with Crippen LogP contribution in [0.25, 0.3) is 0 Å². The summed E-state index contributed by atoms with van der Waals surface area (Å²) in [5.74, 6) is 6.74. The molecule has 0 aromatic heterocycles. The van der Waals surface area contributed by atoms with Crippen molar-refractivity contribution in [3.8, 4) is 11.8 Å². The average molecular weight is 284 g/mol. The third kappa shape index (κ3) is 3.86. The summed E-state index contributed by atoms with van der Waals surface area (Å²) in [6.07, 6.45) is 3.43. The molecule has 1 aromatic rings. The summed E-state index contributed by atoms with van der Waals surface area (Å²) in [5, 5.41) is 0. The minimum Gasteiger partial charge on any atom is -0.339 e. The number of likely N-dealkylation sites (tertiary alicyclic amines) is 1. The summed E-state index contributed by atoms with van der Waals surface area (Å²) in [6.45, 7) is 6.25. The maximum Gasteiger partial charge on any atom is 0.255 e. The summed E-state index contributed by atoms with van der Waals surface area (Å²) in [5.41, 5.74) is 8.02. The van der Waals surface area contributed by atoms with Crippen LogP contribution in [0, 0.1) is 24.7 Å². The summed E-state index contributed by atoms with van der Waals surface area (Å²) in [7, 11) is 0. The van der Waals surface area contributed by atoms with E-state index in [2.05, 4.69) is 18.8 Å². The minimum atomic E-state index is 0.106.